The molecular formula is C17H16Br2N2O4. The van der Waals surface area contributed by atoms with E-state index in [-0.39, 0.29) is 17.5 Å². The minimum absolute atomic E-state index is 0.0600. The van der Waals surface area contributed by atoms with Crippen LogP contribution < -0.4 is 10.1 Å². The van der Waals surface area contributed by atoms with E-state index < -0.39 is 4.92 Å². The molecule has 1 heterocycles. The van der Waals surface area contributed by atoms with Crippen LogP contribution in [0, 0.1) is 10.1 Å². The Kier molecular flexibility index (Phi) is 5.31. The second-order valence-corrected chi connectivity index (χ2v) is 7.56. The summed E-state index contributed by atoms with van der Waals surface area (Å²) in [6.07, 6.45) is 1.39. The first-order valence-corrected chi connectivity index (χ1v) is 9.24. The number of nitro groups is 1. The first-order valence-electron chi connectivity index (χ1n) is 7.66. The number of phenolic OH excluding ortho intramolecular Hbond substituents is 1. The van der Waals surface area contributed by atoms with Crippen LogP contribution in [0.4, 0.5) is 5.69 Å². The molecule has 1 unspecified atom stereocenters. The predicted octanol–water partition coefficient (Wildman–Crippen LogP) is 4.26. The van der Waals surface area contributed by atoms with Gasteiger partial charge in [0.15, 0.2) is 5.75 Å². The number of aromatic hydroxyl groups is 1. The van der Waals surface area contributed by atoms with Gasteiger partial charge in [-0.15, -0.1) is 0 Å². The predicted molar refractivity (Wildman–Crippen MR) is 101 cm³/mol. The normalized spacial score (nSPS) is 16.4. The van der Waals surface area contributed by atoms with Crippen LogP contribution in [0.1, 0.15) is 22.7 Å². The summed E-state index contributed by atoms with van der Waals surface area (Å²) >= 11 is 6.99. The van der Waals surface area contributed by atoms with Gasteiger partial charge in [-0.1, -0.05) is 0 Å². The van der Waals surface area contributed by atoms with Crippen molar-refractivity contribution in [3.8, 4) is 11.5 Å². The SMILES string of the molecule is COc1c(Br)cc(CC2NCCc3cc(O)c([N+](=O)[O-])cc32)cc1Br. The summed E-state index contributed by atoms with van der Waals surface area (Å²) in [4.78, 5) is 10.6. The van der Waals surface area contributed by atoms with Crippen LogP contribution in [-0.4, -0.2) is 23.7 Å². The Bertz CT molecular complexity index is 819. The highest BCUT2D eigenvalue weighted by Gasteiger charge is 2.26. The molecule has 2 N–H and O–H groups in total. The van der Waals surface area contributed by atoms with E-state index >= 15 is 0 Å². The summed E-state index contributed by atoms with van der Waals surface area (Å²) in [7, 11) is 1.61. The zero-order valence-electron chi connectivity index (χ0n) is 13.4. The van der Waals surface area contributed by atoms with Gasteiger partial charge < -0.3 is 15.2 Å². The molecule has 1 aliphatic rings. The third-order valence-corrected chi connectivity index (χ3v) is 5.47. The van der Waals surface area contributed by atoms with Gasteiger partial charge in [0.25, 0.3) is 0 Å². The number of halogens is 2. The van der Waals surface area contributed by atoms with Gasteiger partial charge in [-0.25, -0.2) is 0 Å². The monoisotopic (exact) mass is 470 g/mol. The van der Waals surface area contributed by atoms with E-state index in [0.717, 1.165) is 44.4 Å². The molecule has 0 spiro atoms. The van der Waals surface area contributed by atoms with Crippen molar-refractivity contribution in [3.63, 3.8) is 0 Å². The number of nitro benzene ring substituents is 1. The van der Waals surface area contributed by atoms with Gasteiger partial charge in [-0.2, -0.15) is 0 Å². The second kappa shape index (κ2) is 7.31. The summed E-state index contributed by atoms with van der Waals surface area (Å²) < 4.78 is 7.00. The van der Waals surface area contributed by atoms with Gasteiger partial charge in [0.05, 0.1) is 21.0 Å². The molecule has 1 aliphatic heterocycles. The fourth-order valence-electron chi connectivity index (χ4n) is 3.16. The molecule has 0 aromatic heterocycles. The van der Waals surface area contributed by atoms with Crippen molar-refractivity contribution in [2.75, 3.05) is 13.7 Å². The molecule has 0 radical (unpaired) electrons. The topological polar surface area (TPSA) is 84.6 Å². The Morgan fingerprint density at radius 3 is 2.60 bits per heavy atom. The van der Waals surface area contributed by atoms with Gasteiger partial charge in [-0.05, 0) is 86.1 Å². The minimum Gasteiger partial charge on any atom is -0.502 e. The van der Waals surface area contributed by atoms with E-state index in [2.05, 4.69) is 37.2 Å². The summed E-state index contributed by atoms with van der Waals surface area (Å²) in [6.45, 7) is 0.757. The quantitative estimate of drug-likeness (QED) is 0.514. The van der Waals surface area contributed by atoms with Crippen molar-refractivity contribution in [1.29, 1.82) is 0 Å². The molecule has 0 amide bonds. The molecule has 2 aromatic rings. The minimum atomic E-state index is -0.554. The highest BCUT2D eigenvalue weighted by Crippen LogP contribution is 2.38. The molecule has 8 heteroatoms. The number of hydrogen-bond acceptors (Lipinski definition) is 5. The molecular weight excluding hydrogens is 456 g/mol. The van der Waals surface area contributed by atoms with Gasteiger partial charge in [0, 0.05) is 12.1 Å². The lowest BCUT2D eigenvalue weighted by Gasteiger charge is -2.27. The first-order chi connectivity index (χ1) is 11.9. The molecule has 6 nitrogen and oxygen atoms in total. The van der Waals surface area contributed by atoms with E-state index in [0.29, 0.717) is 6.42 Å². The number of ether oxygens (including phenoxy) is 1. The van der Waals surface area contributed by atoms with E-state index in [1.807, 2.05) is 12.1 Å². The number of rotatable bonds is 4. The van der Waals surface area contributed by atoms with Crippen molar-refractivity contribution in [3.05, 3.63) is 60.0 Å². The van der Waals surface area contributed by atoms with Gasteiger partial charge in [-0.3, -0.25) is 10.1 Å². The molecule has 3 rings (SSSR count). The van der Waals surface area contributed by atoms with Crippen LogP contribution in [0.3, 0.4) is 0 Å². The van der Waals surface area contributed by atoms with Gasteiger partial charge in [0.2, 0.25) is 0 Å². The lowest BCUT2D eigenvalue weighted by atomic mass is 9.89. The number of methoxy groups -OCH3 is 1. The smallest absolute Gasteiger partial charge is 0.311 e. The van der Waals surface area contributed by atoms with E-state index in [4.69, 9.17) is 4.74 Å². The van der Waals surface area contributed by atoms with Crippen molar-refractivity contribution in [1.82, 2.24) is 5.32 Å². The van der Waals surface area contributed by atoms with Crippen LogP contribution in [-0.2, 0) is 12.8 Å². The number of fused-ring (bicyclic) bond motifs is 1. The standard InChI is InChI=1S/C17H16Br2N2O4/c1-25-17-12(18)4-9(5-13(17)19)6-14-11-8-15(21(23)24)16(22)7-10(11)2-3-20-14/h4-5,7-8,14,20,22H,2-3,6H2,1H3. The Labute approximate surface area is 161 Å². The molecule has 0 fully saturated rings. The molecule has 132 valence electrons. The van der Waals surface area contributed by atoms with E-state index in [1.54, 1.807) is 7.11 Å². The fourth-order valence-corrected chi connectivity index (χ4v) is 4.76. The average Bonchev–Trinajstić information content (AvgIpc) is 2.54. The molecule has 2 aromatic carbocycles. The van der Waals surface area contributed by atoms with Crippen molar-refractivity contribution < 1.29 is 14.8 Å². The highest BCUT2D eigenvalue weighted by atomic mass is 79.9. The number of hydrogen-bond donors (Lipinski definition) is 2. The molecule has 0 aliphatic carbocycles. The zero-order chi connectivity index (χ0) is 18.1. The second-order valence-electron chi connectivity index (χ2n) is 5.85. The maximum absolute atomic E-state index is 11.1. The summed E-state index contributed by atoms with van der Waals surface area (Å²) in [5, 5.41) is 24.4. The van der Waals surface area contributed by atoms with Gasteiger partial charge >= 0.3 is 5.69 Å². The Hall–Kier alpha value is -1.64. The average molecular weight is 472 g/mol. The lowest BCUT2D eigenvalue weighted by molar-refractivity contribution is -0.386. The first kappa shape index (κ1) is 18.2. The number of benzene rings is 2. The molecule has 25 heavy (non-hydrogen) atoms. The largest absolute Gasteiger partial charge is 0.502 e. The summed E-state index contributed by atoms with van der Waals surface area (Å²) in [6, 6.07) is 6.90. The molecule has 0 saturated heterocycles. The maximum Gasteiger partial charge on any atom is 0.311 e. The van der Waals surface area contributed by atoms with Crippen LogP contribution in [0.15, 0.2) is 33.2 Å². The van der Waals surface area contributed by atoms with Crippen LogP contribution >= 0.6 is 31.9 Å². The van der Waals surface area contributed by atoms with Crippen molar-refractivity contribution in [2.24, 2.45) is 0 Å². The Morgan fingerprint density at radius 2 is 2.00 bits per heavy atom. The highest BCUT2D eigenvalue weighted by molar-refractivity contribution is 9.11. The van der Waals surface area contributed by atoms with Crippen LogP contribution in [0.25, 0.3) is 0 Å². The van der Waals surface area contributed by atoms with Crippen molar-refractivity contribution >= 4 is 37.5 Å². The number of phenols is 1. The summed E-state index contributed by atoms with van der Waals surface area (Å²) in [5.41, 5.74) is 2.60. The van der Waals surface area contributed by atoms with Crippen molar-refractivity contribution in [2.45, 2.75) is 18.9 Å². The van der Waals surface area contributed by atoms with E-state index in [1.165, 1.54) is 12.1 Å². The summed E-state index contributed by atoms with van der Waals surface area (Å²) in [5.74, 6) is 0.445. The molecule has 0 bridgehead atoms. The maximum atomic E-state index is 11.1. The van der Waals surface area contributed by atoms with Crippen LogP contribution in [0.5, 0.6) is 11.5 Å². The van der Waals surface area contributed by atoms with Crippen LogP contribution in [0.2, 0.25) is 0 Å². The third kappa shape index (κ3) is 3.65. The zero-order valence-corrected chi connectivity index (χ0v) is 16.6. The molecule has 0 saturated carbocycles. The lowest BCUT2D eigenvalue weighted by Crippen LogP contribution is -2.31. The Balaban J connectivity index is 1.96. The van der Waals surface area contributed by atoms with Gasteiger partial charge in [0.1, 0.15) is 5.75 Å². The number of nitrogens with one attached hydrogen (secondary N) is 1. The van der Waals surface area contributed by atoms with E-state index in [9.17, 15) is 15.2 Å². The third-order valence-electron chi connectivity index (χ3n) is 4.30. The fraction of sp³-hybridized carbons (Fsp3) is 0.294. The number of nitrogens with zero attached hydrogens (tertiary/aromatic N) is 1. The Morgan fingerprint density at radius 1 is 1.32 bits per heavy atom. The molecule has 1 atom stereocenters.